The van der Waals surface area contributed by atoms with Crippen LogP contribution in [0.25, 0.3) is 0 Å². The summed E-state index contributed by atoms with van der Waals surface area (Å²) in [6.45, 7) is 1.57. The van der Waals surface area contributed by atoms with Crippen LogP contribution in [0.3, 0.4) is 0 Å². The van der Waals surface area contributed by atoms with Crippen molar-refractivity contribution in [2.45, 2.75) is 43.9 Å². The number of aromatic amines is 1. The molecule has 2 heterocycles. The first-order chi connectivity index (χ1) is 29.0. The fourth-order valence-electron chi connectivity index (χ4n) is 7.20. The van der Waals surface area contributed by atoms with Crippen molar-refractivity contribution in [3.05, 3.63) is 197 Å². The predicted molar refractivity (Wildman–Crippen MR) is 226 cm³/mol. The number of hydrogen-bond acceptors (Lipinski definition) is 9. The number of halogens is 2. The van der Waals surface area contributed by atoms with Gasteiger partial charge in [-0.25, -0.2) is 9.59 Å². The number of methoxy groups -OCH3 is 2. The normalized spacial score (nSPS) is 16.2. The van der Waals surface area contributed by atoms with Crippen LogP contribution in [0.15, 0.2) is 137 Å². The van der Waals surface area contributed by atoms with Crippen LogP contribution in [-0.2, 0) is 26.4 Å². The summed E-state index contributed by atoms with van der Waals surface area (Å²) in [4.78, 5) is 55.7. The zero-order valence-electron chi connectivity index (χ0n) is 32.9. The number of ether oxygens (including phenoxy) is 5. The van der Waals surface area contributed by atoms with Crippen LogP contribution in [0, 0.1) is 6.92 Å². The van der Waals surface area contributed by atoms with Crippen LogP contribution in [0.5, 0.6) is 11.5 Å². The number of hydrogen-bond donors (Lipinski definition) is 2. The molecule has 1 aliphatic heterocycles. The lowest BCUT2D eigenvalue weighted by Gasteiger charge is -2.37. The first kappa shape index (κ1) is 42.0. The molecule has 1 aromatic heterocycles. The molecule has 6 aromatic rings. The van der Waals surface area contributed by atoms with Crippen molar-refractivity contribution in [2.75, 3.05) is 20.8 Å². The Kier molecular flexibility index (Phi) is 12.9. The molecule has 0 unspecified atom stereocenters. The van der Waals surface area contributed by atoms with E-state index in [-0.39, 0.29) is 46.3 Å². The van der Waals surface area contributed by atoms with Crippen molar-refractivity contribution < 1.29 is 33.3 Å². The molecule has 14 heteroatoms. The van der Waals surface area contributed by atoms with Crippen LogP contribution < -0.4 is 26.0 Å². The van der Waals surface area contributed by atoms with Crippen LogP contribution in [0.2, 0.25) is 10.0 Å². The molecule has 0 saturated carbocycles. The van der Waals surface area contributed by atoms with Crippen LogP contribution in [0.4, 0.5) is 0 Å². The van der Waals surface area contributed by atoms with Crippen molar-refractivity contribution in [1.82, 2.24) is 14.9 Å². The summed E-state index contributed by atoms with van der Waals surface area (Å²) in [6, 6.07) is 36.4. The topological polar surface area (TPSA) is 147 Å². The molecule has 0 aliphatic carbocycles. The molecule has 1 aliphatic rings. The molecule has 60 heavy (non-hydrogen) atoms. The molecule has 0 radical (unpaired) electrons. The number of amides is 1. The largest absolute Gasteiger partial charge is 0.497 e. The monoisotopic (exact) mass is 849 g/mol. The number of H-pyrrole nitrogens is 1. The zero-order valence-corrected chi connectivity index (χ0v) is 34.4. The molecule has 12 nitrogen and oxygen atoms in total. The second kappa shape index (κ2) is 18.4. The maximum atomic E-state index is 14.3. The highest BCUT2D eigenvalue weighted by atomic mass is 35.5. The van der Waals surface area contributed by atoms with Gasteiger partial charge in [0.2, 0.25) is 0 Å². The summed E-state index contributed by atoms with van der Waals surface area (Å²) in [6.07, 6.45) is -1.65. The number of aromatic nitrogens is 2. The fourth-order valence-corrected chi connectivity index (χ4v) is 7.53. The number of rotatable bonds is 14. The fraction of sp³-hybridized carbons (Fsp3) is 0.217. The molecule has 5 aromatic carbocycles. The smallest absolute Gasteiger partial charge is 0.339 e. The zero-order chi connectivity index (χ0) is 42.4. The number of carbonyl (C=O) groups excluding carboxylic acids is 2. The molecule has 0 spiro atoms. The van der Waals surface area contributed by atoms with Gasteiger partial charge in [0, 0.05) is 24.7 Å². The highest BCUT2D eigenvalue weighted by Crippen LogP contribution is 2.43. The number of carbonyl (C=O) groups is 2. The Morgan fingerprint density at radius 2 is 1.35 bits per heavy atom. The summed E-state index contributed by atoms with van der Waals surface area (Å²) >= 11 is 12.8. The molecule has 1 amide bonds. The molecular weight excluding hydrogens is 809 g/mol. The average Bonchev–Trinajstić information content (AvgIpc) is 3.67. The number of nitrogens with one attached hydrogen (secondary N) is 2. The van der Waals surface area contributed by atoms with Crippen molar-refractivity contribution in [1.29, 1.82) is 0 Å². The standard InChI is InChI=1S/C46H41Cl2N3O9/c1-28-26-51(45(55)50-42(28)52)41-24-39(60-44(54)36-23-38(48)37(47)22-35(36)43(53)49-25-29-10-6-4-7-11-29)40(59-41)27-58-46(30-12-8-5-9-13-30,31-14-18-33(56-2)19-15-31)32-16-20-34(57-3)21-17-32/h4-23,26,39-41H,24-25,27H2,1-3H3,(H,49,53)(H,50,52,55)/t39-,40+,41+/m0/s1. The van der Waals surface area contributed by atoms with Crippen LogP contribution >= 0.6 is 23.2 Å². The van der Waals surface area contributed by atoms with Gasteiger partial charge in [-0.3, -0.25) is 19.1 Å². The molecule has 7 rings (SSSR count). The van der Waals surface area contributed by atoms with E-state index < -0.39 is 47.2 Å². The highest BCUT2D eigenvalue weighted by molar-refractivity contribution is 6.42. The predicted octanol–water partition coefficient (Wildman–Crippen LogP) is 7.62. The van der Waals surface area contributed by atoms with Crippen LogP contribution in [-0.4, -0.2) is 54.5 Å². The molecule has 0 bridgehead atoms. The second-order valence-corrected chi connectivity index (χ2v) is 14.9. The van der Waals surface area contributed by atoms with E-state index in [0.717, 1.165) is 22.3 Å². The summed E-state index contributed by atoms with van der Waals surface area (Å²) in [5, 5.41) is 2.92. The Labute approximate surface area is 355 Å². The lowest BCUT2D eigenvalue weighted by molar-refractivity contribution is -0.0967. The van der Waals surface area contributed by atoms with E-state index in [4.69, 9.17) is 46.9 Å². The van der Waals surface area contributed by atoms with Gasteiger partial charge in [0.1, 0.15) is 35.5 Å². The molecule has 2 N–H and O–H groups in total. The third-order valence-corrected chi connectivity index (χ3v) is 11.1. The van der Waals surface area contributed by atoms with Gasteiger partial charge in [0.15, 0.2) is 0 Å². The van der Waals surface area contributed by atoms with E-state index in [1.54, 1.807) is 21.1 Å². The van der Waals surface area contributed by atoms with E-state index >= 15 is 0 Å². The number of nitrogens with zero attached hydrogens (tertiary/aromatic N) is 1. The van der Waals surface area contributed by atoms with Gasteiger partial charge in [0.05, 0.1) is 42.0 Å². The Bertz CT molecular complexity index is 2530. The van der Waals surface area contributed by atoms with Crippen molar-refractivity contribution in [3.8, 4) is 11.5 Å². The van der Waals surface area contributed by atoms with Gasteiger partial charge in [-0.15, -0.1) is 0 Å². The first-order valence-corrected chi connectivity index (χ1v) is 19.7. The van der Waals surface area contributed by atoms with E-state index in [1.807, 2.05) is 109 Å². The van der Waals surface area contributed by atoms with Crippen LogP contribution in [0.1, 0.15) is 61.2 Å². The minimum Gasteiger partial charge on any atom is -0.497 e. The Morgan fingerprint density at radius 3 is 1.93 bits per heavy atom. The van der Waals surface area contributed by atoms with Gasteiger partial charge in [0.25, 0.3) is 11.5 Å². The molecule has 1 fully saturated rings. The maximum absolute atomic E-state index is 14.3. The Balaban J connectivity index is 1.27. The van der Waals surface area contributed by atoms with Gasteiger partial charge >= 0.3 is 11.7 Å². The SMILES string of the molecule is COc1ccc(C(OC[C@H]2O[C@@H](n3cc(C)c(=O)[nH]c3=O)C[C@@H]2OC(=O)c2cc(Cl)c(Cl)cc2C(=O)NCc2ccccc2)(c2ccccc2)c2ccc(OC)cc2)cc1. The lowest BCUT2D eigenvalue weighted by Crippen LogP contribution is -2.39. The number of benzene rings is 5. The third kappa shape index (κ3) is 8.87. The van der Waals surface area contributed by atoms with Gasteiger partial charge in [-0.1, -0.05) is 108 Å². The maximum Gasteiger partial charge on any atom is 0.339 e. The van der Waals surface area contributed by atoms with E-state index in [2.05, 4.69) is 10.3 Å². The van der Waals surface area contributed by atoms with E-state index in [1.165, 1.54) is 22.9 Å². The van der Waals surface area contributed by atoms with Crippen molar-refractivity contribution >= 4 is 35.1 Å². The minimum absolute atomic E-state index is 0.0224. The summed E-state index contributed by atoms with van der Waals surface area (Å²) in [7, 11) is 3.17. The van der Waals surface area contributed by atoms with Crippen molar-refractivity contribution in [3.63, 3.8) is 0 Å². The number of aryl methyl sites for hydroxylation is 1. The van der Waals surface area contributed by atoms with Crippen molar-refractivity contribution in [2.24, 2.45) is 0 Å². The summed E-state index contributed by atoms with van der Waals surface area (Å²) in [5.74, 6) is -0.183. The molecule has 3 atom stereocenters. The number of esters is 1. The Morgan fingerprint density at radius 1 is 0.800 bits per heavy atom. The molecular formula is C46H41Cl2N3O9. The summed E-state index contributed by atoms with van der Waals surface area (Å²) in [5.41, 5.74) is 0.682. The van der Waals surface area contributed by atoms with Gasteiger partial charge in [-0.2, -0.15) is 0 Å². The minimum atomic E-state index is -1.27. The van der Waals surface area contributed by atoms with E-state index in [9.17, 15) is 19.2 Å². The van der Waals surface area contributed by atoms with Gasteiger partial charge < -0.3 is 29.0 Å². The third-order valence-electron chi connectivity index (χ3n) is 10.4. The highest BCUT2D eigenvalue weighted by Gasteiger charge is 2.44. The van der Waals surface area contributed by atoms with Gasteiger partial charge in [-0.05, 0) is 65.6 Å². The van der Waals surface area contributed by atoms with E-state index in [0.29, 0.717) is 11.5 Å². The first-order valence-electron chi connectivity index (χ1n) is 19.0. The average molecular weight is 851 g/mol. The quantitative estimate of drug-likeness (QED) is 0.0835. The Hall–Kier alpha value is -6.18. The second-order valence-electron chi connectivity index (χ2n) is 14.1. The summed E-state index contributed by atoms with van der Waals surface area (Å²) < 4.78 is 32.1. The molecule has 308 valence electrons. The lowest BCUT2D eigenvalue weighted by atomic mass is 9.80. The molecule has 1 saturated heterocycles.